The van der Waals surface area contributed by atoms with Gasteiger partial charge in [0.15, 0.2) is 0 Å². The van der Waals surface area contributed by atoms with Crippen LogP contribution in [0.2, 0.25) is 0 Å². The van der Waals surface area contributed by atoms with Crippen molar-refractivity contribution < 1.29 is 9.90 Å². The molecule has 1 heterocycles. The Bertz CT molecular complexity index is 573. The zero-order valence-corrected chi connectivity index (χ0v) is 11.9. The van der Waals surface area contributed by atoms with Crippen molar-refractivity contribution in [2.45, 2.75) is 24.5 Å². The van der Waals surface area contributed by atoms with Gasteiger partial charge in [0.25, 0.3) is 0 Å². The summed E-state index contributed by atoms with van der Waals surface area (Å²) in [5, 5.41) is 8.86. The number of carboxylic acids is 1. The molecule has 0 unspecified atom stereocenters. The van der Waals surface area contributed by atoms with E-state index in [9.17, 15) is 4.79 Å². The number of benzene rings is 1. The molecule has 0 saturated heterocycles. The Labute approximate surface area is 115 Å². The monoisotopic (exact) mass is 278 g/mol. The lowest BCUT2D eigenvalue weighted by atomic mass is 10.2. The Kier molecular flexibility index (Phi) is 4.09. The molecule has 18 heavy (non-hydrogen) atoms. The lowest BCUT2D eigenvalue weighted by Gasteiger charge is -2.05. The Hall–Kier alpha value is -1.26. The van der Waals surface area contributed by atoms with Gasteiger partial charge in [-0.1, -0.05) is 17.7 Å². The van der Waals surface area contributed by atoms with Crippen LogP contribution >= 0.6 is 23.1 Å². The quantitative estimate of drug-likeness (QED) is 0.845. The van der Waals surface area contributed by atoms with Gasteiger partial charge in [-0.25, -0.2) is 4.79 Å². The third-order valence-electron chi connectivity index (χ3n) is 2.57. The summed E-state index contributed by atoms with van der Waals surface area (Å²) >= 11 is 3.10. The zero-order valence-electron chi connectivity index (χ0n) is 10.3. The van der Waals surface area contributed by atoms with E-state index in [1.807, 2.05) is 6.07 Å². The minimum atomic E-state index is -0.845. The molecule has 2 nitrogen and oxygen atoms in total. The van der Waals surface area contributed by atoms with Crippen LogP contribution in [0.25, 0.3) is 0 Å². The molecule has 0 radical (unpaired) electrons. The van der Waals surface area contributed by atoms with E-state index < -0.39 is 5.97 Å². The molecular weight excluding hydrogens is 264 g/mol. The molecule has 0 aliphatic heterocycles. The Morgan fingerprint density at radius 3 is 2.67 bits per heavy atom. The van der Waals surface area contributed by atoms with E-state index >= 15 is 0 Å². The van der Waals surface area contributed by atoms with Crippen molar-refractivity contribution in [3.63, 3.8) is 0 Å². The summed E-state index contributed by atoms with van der Waals surface area (Å²) < 4.78 is 0. The minimum absolute atomic E-state index is 0.409. The summed E-state index contributed by atoms with van der Waals surface area (Å²) in [4.78, 5) is 13.5. The summed E-state index contributed by atoms with van der Waals surface area (Å²) in [5.41, 5.74) is 2.54. The largest absolute Gasteiger partial charge is 0.477 e. The van der Waals surface area contributed by atoms with Gasteiger partial charge in [-0.15, -0.1) is 23.1 Å². The normalized spacial score (nSPS) is 10.6. The summed E-state index contributed by atoms with van der Waals surface area (Å²) in [7, 11) is 0. The van der Waals surface area contributed by atoms with Crippen LogP contribution in [0.1, 0.15) is 25.7 Å². The molecule has 1 aromatic heterocycles. The number of rotatable bonds is 4. The van der Waals surface area contributed by atoms with E-state index in [-0.39, 0.29) is 0 Å². The van der Waals surface area contributed by atoms with Crippen molar-refractivity contribution in [3.8, 4) is 0 Å². The molecular formula is C14H14O2S2. The van der Waals surface area contributed by atoms with Crippen LogP contribution in [-0.4, -0.2) is 11.1 Å². The summed E-state index contributed by atoms with van der Waals surface area (Å²) in [6.45, 7) is 4.19. The number of aryl methyl sites for hydroxylation is 2. The van der Waals surface area contributed by atoms with Gasteiger partial charge in [0.2, 0.25) is 0 Å². The van der Waals surface area contributed by atoms with Gasteiger partial charge in [0, 0.05) is 15.5 Å². The van der Waals surface area contributed by atoms with Crippen molar-refractivity contribution in [1.29, 1.82) is 0 Å². The fourth-order valence-electron chi connectivity index (χ4n) is 1.68. The van der Waals surface area contributed by atoms with Crippen LogP contribution in [0.15, 0.2) is 35.2 Å². The number of thioether (sulfide) groups is 1. The average molecular weight is 278 g/mol. The molecule has 0 bridgehead atoms. The van der Waals surface area contributed by atoms with Crippen LogP contribution < -0.4 is 0 Å². The SMILES string of the molecule is Cc1ccc(SCc2ccc(C(=O)O)s2)c(C)c1. The highest BCUT2D eigenvalue weighted by Gasteiger charge is 2.07. The molecule has 0 aliphatic rings. The number of thiophene rings is 1. The molecule has 2 rings (SSSR count). The van der Waals surface area contributed by atoms with E-state index in [4.69, 9.17) is 5.11 Å². The first-order valence-corrected chi connectivity index (χ1v) is 7.38. The number of carbonyl (C=O) groups is 1. The maximum Gasteiger partial charge on any atom is 0.345 e. The fraction of sp³-hybridized carbons (Fsp3) is 0.214. The summed E-state index contributed by atoms with van der Waals surface area (Å²) in [5.74, 6) is -0.0234. The third kappa shape index (κ3) is 3.15. The second-order valence-corrected chi connectivity index (χ2v) is 6.31. The molecule has 4 heteroatoms. The summed E-state index contributed by atoms with van der Waals surface area (Å²) in [6.07, 6.45) is 0. The van der Waals surface area contributed by atoms with E-state index in [0.717, 1.165) is 10.6 Å². The zero-order chi connectivity index (χ0) is 13.1. The Balaban J connectivity index is 2.04. The number of hydrogen-bond acceptors (Lipinski definition) is 3. The van der Waals surface area contributed by atoms with Crippen molar-refractivity contribution in [3.05, 3.63) is 51.2 Å². The molecule has 1 N–H and O–H groups in total. The van der Waals surface area contributed by atoms with E-state index in [1.54, 1.807) is 17.8 Å². The first kappa shape index (κ1) is 13.2. The van der Waals surface area contributed by atoms with Gasteiger partial charge in [0.05, 0.1) is 0 Å². The topological polar surface area (TPSA) is 37.3 Å². The fourth-order valence-corrected chi connectivity index (χ4v) is 3.58. The van der Waals surface area contributed by atoms with E-state index in [2.05, 4.69) is 32.0 Å². The standard InChI is InChI=1S/C14H14O2S2/c1-9-3-5-12(10(2)7-9)17-8-11-4-6-13(18-11)14(15)16/h3-7H,8H2,1-2H3,(H,15,16). The number of aromatic carboxylic acids is 1. The van der Waals surface area contributed by atoms with Gasteiger partial charge in [-0.2, -0.15) is 0 Å². The van der Waals surface area contributed by atoms with Gasteiger partial charge in [-0.05, 0) is 37.6 Å². The van der Waals surface area contributed by atoms with Crippen molar-refractivity contribution in [2.75, 3.05) is 0 Å². The van der Waals surface area contributed by atoms with Crippen molar-refractivity contribution in [1.82, 2.24) is 0 Å². The molecule has 0 saturated carbocycles. The van der Waals surface area contributed by atoms with Crippen LogP contribution in [0.5, 0.6) is 0 Å². The predicted molar refractivity (Wildman–Crippen MR) is 76.8 cm³/mol. The number of carboxylic acid groups (broad SMARTS) is 1. The second kappa shape index (κ2) is 5.59. The highest BCUT2D eigenvalue weighted by atomic mass is 32.2. The maximum atomic E-state index is 10.8. The molecule has 2 aromatic rings. The molecule has 0 amide bonds. The second-order valence-electron chi connectivity index (χ2n) is 4.13. The highest BCUT2D eigenvalue weighted by molar-refractivity contribution is 7.98. The predicted octanol–water partition coefficient (Wildman–Crippen LogP) is 4.36. The van der Waals surface area contributed by atoms with Gasteiger partial charge in [-0.3, -0.25) is 0 Å². The average Bonchev–Trinajstić information content (AvgIpc) is 2.76. The first-order valence-electron chi connectivity index (χ1n) is 5.58. The molecule has 0 atom stereocenters. The molecule has 1 aromatic carbocycles. The summed E-state index contributed by atoms with van der Waals surface area (Å²) in [6, 6.07) is 9.96. The first-order chi connectivity index (χ1) is 8.56. The molecule has 0 aliphatic carbocycles. The highest BCUT2D eigenvalue weighted by Crippen LogP contribution is 2.29. The smallest absolute Gasteiger partial charge is 0.345 e. The van der Waals surface area contributed by atoms with Crippen LogP contribution in [-0.2, 0) is 5.75 Å². The Morgan fingerprint density at radius 2 is 2.06 bits per heavy atom. The Morgan fingerprint density at radius 1 is 1.28 bits per heavy atom. The van der Waals surface area contributed by atoms with Crippen LogP contribution in [0.4, 0.5) is 0 Å². The minimum Gasteiger partial charge on any atom is -0.477 e. The lowest BCUT2D eigenvalue weighted by molar-refractivity contribution is 0.0702. The molecule has 0 spiro atoms. The van der Waals surface area contributed by atoms with Crippen LogP contribution in [0, 0.1) is 13.8 Å². The van der Waals surface area contributed by atoms with Gasteiger partial charge in [0.1, 0.15) is 4.88 Å². The van der Waals surface area contributed by atoms with E-state index in [1.165, 1.54) is 27.4 Å². The third-order valence-corrected chi connectivity index (χ3v) is 5.05. The molecule has 0 fully saturated rings. The van der Waals surface area contributed by atoms with Gasteiger partial charge < -0.3 is 5.11 Å². The van der Waals surface area contributed by atoms with Crippen molar-refractivity contribution >= 4 is 29.1 Å². The molecule has 94 valence electrons. The van der Waals surface area contributed by atoms with E-state index in [0.29, 0.717) is 4.88 Å². The van der Waals surface area contributed by atoms with Crippen LogP contribution in [0.3, 0.4) is 0 Å². The van der Waals surface area contributed by atoms with Crippen molar-refractivity contribution in [2.24, 2.45) is 0 Å². The van der Waals surface area contributed by atoms with Gasteiger partial charge >= 0.3 is 5.97 Å². The number of hydrogen-bond donors (Lipinski definition) is 1. The lowest BCUT2D eigenvalue weighted by Crippen LogP contribution is -1.89. The maximum absolute atomic E-state index is 10.8.